The highest BCUT2D eigenvalue weighted by Crippen LogP contribution is 2.24. The minimum atomic E-state index is -0.613. The summed E-state index contributed by atoms with van der Waals surface area (Å²) >= 11 is 0. The standard InChI is InChI=1S/C11H8FNO/c12-10-4-3-8(6-11(10)14)9-2-1-5-13-7-9/h1-7,14H. The smallest absolute Gasteiger partial charge is 0.164 e. The van der Waals surface area contributed by atoms with Crippen LogP contribution in [-0.2, 0) is 0 Å². The van der Waals surface area contributed by atoms with E-state index in [1.165, 1.54) is 12.1 Å². The molecule has 1 aromatic heterocycles. The van der Waals surface area contributed by atoms with Crippen molar-refractivity contribution in [2.45, 2.75) is 0 Å². The number of halogens is 1. The highest BCUT2D eigenvalue weighted by molar-refractivity contribution is 5.63. The Morgan fingerprint density at radius 3 is 2.64 bits per heavy atom. The van der Waals surface area contributed by atoms with E-state index < -0.39 is 5.82 Å². The molecule has 0 radical (unpaired) electrons. The molecule has 0 saturated carbocycles. The molecular formula is C11H8FNO. The lowest BCUT2D eigenvalue weighted by Crippen LogP contribution is -1.81. The molecule has 3 heteroatoms. The molecule has 1 N–H and O–H groups in total. The van der Waals surface area contributed by atoms with Crippen molar-refractivity contribution in [1.82, 2.24) is 4.98 Å². The first-order chi connectivity index (χ1) is 6.77. The molecule has 1 heterocycles. The highest BCUT2D eigenvalue weighted by Gasteiger charge is 2.02. The van der Waals surface area contributed by atoms with E-state index in [1.54, 1.807) is 24.5 Å². The summed E-state index contributed by atoms with van der Waals surface area (Å²) in [5.74, 6) is -0.955. The van der Waals surface area contributed by atoms with Gasteiger partial charge in [-0.2, -0.15) is 0 Å². The lowest BCUT2D eigenvalue weighted by atomic mass is 10.1. The molecule has 0 amide bonds. The topological polar surface area (TPSA) is 33.1 Å². The minimum absolute atomic E-state index is 0.341. The van der Waals surface area contributed by atoms with Crippen molar-refractivity contribution in [1.29, 1.82) is 0 Å². The summed E-state index contributed by atoms with van der Waals surface area (Å²) in [5.41, 5.74) is 1.60. The zero-order chi connectivity index (χ0) is 9.97. The number of hydrogen-bond donors (Lipinski definition) is 1. The zero-order valence-electron chi connectivity index (χ0n) is 7.31. The lowest BCUT2D eigenvalue weighted by molar-refractivity contribution is 0.433. The van der Waals surface area contributed by atoms with Gasteiger partial charge in [0.25, 0.3) is 0 Å². The summed E-state index contributed by atoms with van der Waals surface area (Å²) in [5, 5.41) is 9.17. The van der Waals surface area contributed by atoms with Gasteiger partial charge in [0, 0.05) is 18.0 Å². The van der Waals surface area contributed by atoms with Crippen LogP contribution in [0.25, 0.3) is 11.1 Å². The van der Waals surface area contributed by atoms with Gasteiger partial charge in [0.1, 0.15) is 0 Å². The summed E-state index contributed by atoms with van der Waals surface area (Å²) in [7, 11) is 0. The molecule has 14 heavy (non-hydrogen) atoms. The van der Waals surface area contributed by atoms with Crippen LogP contribution in [-0.4, -0.2) is 10.1 Å². The highest BCUT2D eigenvalue weighted by atomic mass is 19.1. The summed E-state index contributed by atoms with van der Waals surface area (Å²) in [6.45, 7) is 0. The van der Waals surface area contributed by atoms with Gasteiger partial charge < -0.3 is 5.11 Å². The molecule has 0 atom stereocenters. The van der Waals surface area contributed by atoms with Gasteiger partial charge in [0.05, 0.1) is 0 Å². The van der Waals surface area contributed by atoms with E-state index in [-0.39, 0.29) is 5.75 Å². The Hall–Kier alpha value is -1.90. The van der Waals surface area contributed by atoms with Crippen LogP contribution in [0.5, 0.6) is 5.75 Å². The maximum Gasteiger partial charge on any atom is 0.164 e. The lowest BCUT2D eigenvalue weighted by Gasteiger charge is -2.01. The number of nitrogens with zero attached hydrogens (tertiary/aromatic N) is 1. The second-order valence-corrected chi connectivity index (χ2v) is 2.91. The third kappa shape index (κ3) is 1.57. The van der Waals surface area contributed by atoms with Crippen LogP contribution in [0, 0.1) is 5.82 Å². The van der Waals surface area contributed by atoms with E-state index in [2.05, 4.69) is 4.98 Å². The Bertz CT molecular complexity index is 442. The predicted octanol–water partition coefficient (Wildman–Crippen LogP) is 2.59. The molecule has 2 aromatic rings. The molecule has 70 valence electrons. The first-order valence-corrected chi connectivity index (χ1v) is 4.16. The molecular weight excluding hydrogens is 181 g/mol. The predicted molar refractivity (Wildman–Crippen MR) is 51.3 cm³/mol. The van der Waals surface area contributed by atoms with Crippen molar-refractivity contribution in [2.75, 3.05) is 0 Å². The summed E-state index contributed by atoms with van der Waals surface area (Å²) in [4.78, 5) is 3.94. The van der Waals surface area contributed by atoms with Crippen molar-refractivity contribution in [2.24, 2.45) is 0 Å². The van der Waals surface area contributed by atoms with Crippen molar-refractivity contribution in [3.63, 3.8) is 0 Å². The van der Waals surface area contributed by atoms with Crippen LogP contribution in [0.15, 0.2) is 42.7 Å². The number of pyridine rings is 1. The minimum Gasteiger partial charge on any atom is -0.505 e. The van der Waals surface area contributed by atoms with Crippen molar-refractivity contribution in [3.8, 4) is 16.9 Å². The molecule has 0 spiro atoms. The Labute approximate surface area is 80.7 Å². The zero-order valence-corrected chi connectivity index (χ0v) is 7.31. The van der Waals surface area contributed by atoms with Gasteiger partial charge in [-0.25, -0.2) is 4.39 Å². The van der Waals surface area contributed by atoms with Crippen LogP contribution in [0.4, 0.5) is 4.39 Å². The number of aromatic nitrogens is 1. The number of phenols is 1. The quantitative estimate of drug-likeness (QED) is 0.747. The first-order valence-electron chi connectivity index (χ1n) is 4.16. The summed E-state index contributed by atoms with van der Waals surface area (Å²) < 4.78 is 12.7. The number of hydrogen-bond acceptors (Lipinski definition) is 2. The number of rotatable bonds is 1. The maximum absolute atomic E-state index is 12.7. The van der Waals surface area contributed by atoms with E-state index in [0.29, 0.717) is 0 Å². The third-order valence-electron chi connectivity index (χ3n) is 1.94. The van der Waals surface area contributed by atoms with Crippen LogP contribution in [0.3, 0.4) is 0 Å². The second-order valence-electron chi connectivity index (χ2n) is 2.91. The van der Waals surface area contributed by atoms with E-state index in [9.17, 15) is 4.39 Å². The number of benzene rings is 1. The van der Waals surface area contributed by atoms with E-state index in [1.807, 2.05) is 6.07 Å². The molecule has 0 aliphatic rings. The molecule has 0 aliphatic heterocycles. The van der Waals surface area contributed by atoms with Gasteiger partial charge >= 0.3 is 0 Å². The van der Waals surface area contributed by atoms with Gasteiger partial charge in [0.15, 0.2) is 11.6 Å². The number of aromatic hydroxyl groups is 1. The van der Waals surface area contributed by atoms with Gasteiger partial charge in [-0.1, -0.05) is 12.1 Å². The van der Waals surface area contributed by atoms with E-state index in [4.69, 9.17) is 5.11 Å². The summed E-state index contributed by atoms with van der Waals surface area (Å²) in [6, 6.07) is 7.85. The van der Waals surface area contributed by atoms with Gasteiger partial charge in [0.2, 0.25) is 0 Å². The Morgan fingerprint density at radius 1 is 1.14 bits per heavy atom. The Balaban J connectivity index is 2.48. The largest absolute Gasteiger partial charge is 0.505 e. The average Bonchev–Trinajstić information content (AvgIpc) is 2.23. The third-order valence-corrected chi connectivity index (χ3v) is 1.94. The second kappa shape index (κ2) is 3.46. The Kier molecular flexibility index (Phi) is 2.14. The first kappa shape index (κ1) is 8.69. The molecule has 0 saturated heterocycles. The van der Waals surface area contributed by atoms with Crippen LogP contribution in [0.1, 0.15) is 0 Å². The van der Waals surface area contributed by atoms with Crippen molar-refractivity contribution < 1.29 is 9.50 Å². The fourth-order valence-electron chi connectivity index (χ4n) is 1.23. The molecule has 1 aromatic carbocycles. The molecule has 2 rings (SSSR count). The van der Waals surface area contributed by atoms with Gasteiger partial charge in [-0.05, 0) is 23.8 Å². The normalized spacial score (nSPS) is 10.1. The van der Waals surface area contributed by atoms with Crippen molar-refractivity contribution >= 4 is 0 Å². The van der Waals surface area contributed by atoms with Crippen LogP contribution >= 0.6 is 0 Å². The molecule has 2 nitrogen and oxygen atoms in total. The fraction of sp³-hybridized carbons (Fsp3) is 0. The number of phenolic OH excluding ortho intramolecular Hbond substituents is 1. The van der Waals surface area contributed by atoms with Gasteiger partial charge in [-0.3, -0.25) is 4.98 Å². The molecule has 0 aliphatic carbocycles. The average molecular weight is 189 g/mol. The van der Waals surface area contributed by atoms with Crippen LogP contribution < -0.4 is 0 Å². The SMILES string of the molecule is Oc1cc(-c2cccnc2)ccc1F. The fourth-order valence-corrected chi connectivity index (χ4v) is 1.23. The summed E-state index contributed by atoms with van der Waals surface area (Å²) in [6.07, 6.45) is 3.32. The van der Waals surface area contributed by atoms with E-state index >= 15 is 0 Å². The molecule has 0 fully saturated rings. The van der Waals surface area contributed by atoms with Crippen LogP contribution in [0.2, 0.25) is 0 Å². The van der Waals surface area contributed by atoms with E-state index in [0.717, 1.165) is 11.1 Å². The van der Waals surface area contributed by atoms with Gasteiger partial charge in [-0.15, -0.1) is 0 Å². The maximum atomic E-state index is 12.7. The molecule has 0 unspecified atom stereocenters. The van der Waals surface area contributed by atoms with Crippen molar-refractivity contribution in [3.05, 3.63) is 48.5 Å². The monoisotopic (exact) mass is 189 g/mol. The molecule has 0 bridgehead atoms. The Morgan fingerprint density at radius 2 is 2.00 bits per heavy atom.